The SMILES string of the molecule is CCOC(=O)c1c(NC(=O)CSC2=NC(C)=C(C(=O)Nc3ccccc3)[C@@H](c3ccco3)C2C#N)sc2c1CCCC2. The first-order valence-corrected chi connectivity index (χ1v) is 15.5. The number of allylic oxidation sites excluding steroid dienone is 1. The number of anilines is 2. The van der Waals surface area contributed by atoms with E-state index < -0.39 is 17.8 Å². The van der Waals surface area contributed by atoms with Crippen LogP contribution in [0.5, 0.6) is 0 Å². The summed E-state index contributed by atoms with van der Waals surface area (Å²) in [6.07, 6.45) is 5.19. The molecule has 1 aromatic carbocycles. The molecule has 0 bridgehead atoms. The van der Waals surface area contributed by atoms with Gasteiger partial charge in [0.25, 0.3) is 5.91 Å². The molecule has 11 heteroatoms. The molecule has 2 aliphatic rings. The van der Waals surface area contributed by atoms with E-state index in [2.05, 4.69) is 21.7 Å². The van der Waals surface area contributed by atoms with Crippen LogP contribution >= 0.6 is 23.1 Å². The van der Waals surface area contributed by atoms with Crippen molar-refractivity contribution in [3.05, 3.63) is 81.8 Å². The summed E-state index contributed by atoms with van der Waals surface area (Å²) in [6.45, 7) is 3.72. The van der Waals surface area contributed by atoms with Gasteiger partial charge in [-0.3, -0.25) is 9.59 Å². The van der Waals surface area contributed by atoms with Crippen molar-refractivity contribution in [1.29, 1.82) is 5.26 Å². The summed E-state index contributed by atoms with van der Waals surface area (Å²) in [4.78, 5) is 45.1. The summed E-state index contributed by atoms with van der Waals surface area (Å²) in [5.74, 6) is -2.27. The number of carbonyl (C=O) groups is 3. The summed E-state index contributed by atoms with van der Waals surface area (Å²) < 4.78 is 11.0. The highest BCUT2D eigenvalue weighted by atomic mass is 32.2. The van der Waals surface area contributed by atoms with Gasteiger partial charge in [-0.25, -0.2) is 9.79 Å². The van der Waals surface area contributed by atoms with Crippen molar-refractivity contribution in [2.75, 3.05) is 23.0 Å². The zero-order valence-corrected chi connectivity index (χ0v) is 24.9. The van der Waals surface area contributed by atoms with Crippen LogP contribution in [0.4, 0.5) is 10.7 Å². The molecule has 0 radical (unpaired) electrons. The van der Waals surface area contributed by atoms with Gasteiger partial charge in [-0.15, -0.1) is 11.3 Å². The molecule has 0 fully saturated rings. The number of thioether (sulfide) groups is 1. The van der Waals surface area contributed by atoms with Gasteiger partial charge in [-0.05, 0) is 69.4 Å². The van der Waals surface area contributed by atoms with Crippen molar-refractivity contribution in [3.8, 4) is 6.07 Å². The van der Waals surface area contributed by atoms with E-state index in [-0.39, 0.29) is 24.2 Å². The molecule has 3 aromatic rings. The first-order chi connectivity index (χ1) is 20.4. The Bertz CT molecular complexity index is 1580. The first-order valence-electron chi connectivity index (χ1n) is 13.7. The second-order valence-electron chi connectivity index (χ2n) is 9.84. The van der Waals surface area contributed by atoms with Crippen molar-refractivity contribution < 1.29 is 23.5 Å². The highest BCUT2D eigenvalue weighted by Crippen LogP contribution is 2.42. The molecule has 2 N–H and O–H groups in total. The maximum absolute atomic E-state index is 13.4. The minimum absolute atomic E-state index is 0.0362. The number of hydrogen-bond donors (Lipinski definition) is 2. The van der Waals surface area contributed by atoms with Crippen molar-refractivity contribution in [2.45, 2.75) is 45.4 Å². The fraction of sp³-hybridized carbons (Fsp3) is 0.323. The molecule has 3 heterocycles. The Morgan fingerprint density at radius 1 is 1.14 bits per heavy atom. The molecule has 9 nitrogen and oxygen atoms in total. The van der Waals surface area contributed by atoms with E-state index >= 15 is 0 Å². The molecular weight excluding hydrogens is 572 g/mol. The Hall–Kier alpha value is -4.14. The minimum atomic E-state index is -0.849. The van der Waals surface area contributed by atoms with Crippen molar-refractivity contribution in [3.63, 3.8) is 0 Å². The van der Waals surface area contributed by atoms with Gasteiger partial charge in [-0.2, -0.15) is 5.26 Å². The van der Waals surface area contributed by atoms with Gasteiger partial charge >= 0.3 is 5.97 Å². The van der Waals surface area contributed by atoms with Crippen LogP contribution in [0.25, 0.3) is 0 Å². The quantitative estimate of drug-likeness (QED) is 0.288. The molecule has 42 heavy (non-hydrogen) atoms. The largest absolute Gasteiger partial charge is 0.469 e. The first kappa shape index (κ1) is 29.4. The van der Waals surface area contributed by atoms with Gasteiger partial charge < -0.3 is 19.8 Å². The standard InChI is InChI=1S/C31H30N4O5S2/c1-3-39-31(38)27-20-12-7-8-14-23(20)42-30(27)35-24(36)17-41-29-21(16-32)26(22-13-9-15-40-22)25(18(2)33-29)28(37)34-19-10-5-4-6-11-19/h4-6,9-11,13,15,21,26H,3,7-8,12,14,17H2,1-2H3,(H,34,37)(H,35,36)/t21?,26-/m1/s1. The lowest BCUT2D eigenvalue weighted by Gasteiger charge is -2.28. The smallest absolute Gasteiger partial charge is 0.341 e. The number of para-hydroxylation sites is 1. The number of benzene rings is 1. The maximum Gasteiger partial charge on any atom is 0.341 e. The molecular formula is C31H30N4O5S2. The molecule has 0 spiro atoms. The lowest BCUT2D eigenvalue weighted by atomic mass is 9.81. The third kappa shape index (κ3) is 6.20. The monoisotopic (exact) mass is 602 g/mol. The second kappa shape index (κ2) is 13.2. The number of fused-ring (bicyclic) bond motifs is 1. The number of carbonyl (C=O) groups excluding carboxylic acids is 3. The van der Waals surface area contributed by atoms with Gasteiger partial charge in [0.1, 0.15) is 16.7 Å². The van der Waals surface area contributed by atoms with Gasteiger partial charge in [-0.1, -0.05) is 30.0 Å². The molecule has 216 valence electrons. The molecule has 0 saturated heterocycles. The van der Waals surface area contributed by atoms with Crippen LogP contribution in [0.2, 0.25) is 0 Å². The number of nitrogens with zero attached hydrogens (tertiary/aromatic N) is 2. The number of rotatable bonds is 8. The summed E-state index contributed by atoms with van der Waals surface area (Å²) in [7, 11) is 0. The molecule has 5 rings (SSSR count). The van der Waals surface area contributed by atoms with Crippen molar-refractivity contribution >= 4 is 56.6 Å². The maximum atomic E-state index is 13.4. The van der Waals surface area contributed by atoms with Crippen molar-refractivity contribution in [1.82, 2.24) is 0 Å². The number of thiophene rings is 1. The average Bonchev–Trinajstić information content (AvgIpc) is 3.64. The Morgan fingerprint density at radius 3 is 2.64 bits per heavy atom. The molecule has 1 unspecified atom stereocenters. The number of esters is 1. The number of aryl methyl sites for hydroxylation is 1. The fourth-order valence-electron chi connectivity index (χ4n) is 5.26. The number of ether oxygens (including phenoxy) is 1. The summed E-state index contributed by atoms with van der Waals surface area (Å²) in [5.41, 5.74) is 2.81. The highest BCUT2D eigenvalue weighted by molar-refractivity contribution is 8.14. The highest BCUT2D eigenvalue weighted by Gasteiger charge is 2.40. The van der Waals surface area contributed by atoms with Crippen LogP contribution in [-0.2, 0) is 27.2 Å². The molecule has 1 aliphatic heterocycles. The van der Waals surface area contributed by atoms with E-state index in [1.165, 1.54) is 17.6 Å². The zero-order valence-electron chi connectivity index (χ0n) is 23.3. The van der Waals surface area contributed by atoms with E-state index in [0.717, 1.165) is 47.9 Å². The minimum Gasteiger partial charge on any atom is -0.469 e. The Kier molecular flexibility index (Phi) is 9.25. The normalized spacial score (nSPS) is 18.0. The molecule has 1 aliphatic carbocycles. The number of nitriles is 1. The van der Waals surface area contributed by atoms with Crippen LogP contribution in [0, 0.1) is 17.2 Å². The number of hydrogen-bond acceptors (Lipinski definition) is 9. The van der Waals surface area contributed by atoms with E-state index in [9.17, 15) is 19.6 Å². The predicted molar refractivity (Wildman–Crippen MR) is 164 cm³/mol. The Morgan fingerprint density at radius 2 is 1.93 bits per heavy atom. The van der Waals surface area contributed by atoms with E-state index in [1.54, 1.807) is 38.1 Å². The number of aliphatic imine (C=N–C) groups is 1. The van der Waals surface area contributed by atoms with Crippen LogP contribution < -0.4 is 10.6 Å². The summed E-state index contributed by atoms with van der Waals surface area (Å²) in [6, 6.07) is 14.8. The lowest BCUT2D eigenvalue weighted by Crippen LogP contribution is -2.31. The van der Waals surface area contributed by atoms with Gasteiger partial charge in [0.05, 0.1) is 46.8 Å². The predicted octanol–water partition coefficient (Wildman–Crippen LogP) is 6.32. The number of furan rings is 1. The number of amides is 2. The zero-order chi connectivity index (χ0) is 29.6. The van der Waals surface area contributed by atoms with Crippen LogP contribution in [-0.4, -0.2) is 35.2 Å². The van der Waals surface area contributed by atoms with E-state index in [4.69, 9.17) is 9.15 Å². The Labute approximate surface area is 252 Å². The average molecular weight is 603 g/mol. The van der Waals surface area contributed by atoms with E-state index in [0.29, 0.717) is 38.3 Å². The number of nitrogens with one attached hydrogen (secondary N) is 2. The summed E-state index contributed by atoms with van der Waals surface area (Å²) >= 11 is 2.56. The van der Waals surface area contributed by atoms with Crippen LogP contribution in [0.1, 0.15) is 59.2 Å². The van der Waals surface area contributed by atoms with Gasteiger partial charge in [0.15, 0.2) is 0 Å². The molecule has 2 aromatic heterocycles. The van der Waals surface area contributed by atoms with Gasteiger partial charge in [0, 0.05) is 16.3 Å². The van der Waals surface area contributed by atoms with Crippen LogP contribution in [0.3, 0.4) is 0 Å². The fourth-order valence-corrected chi connectivity index (χ4v) is 7.47. The molecule has 0 saturated carbocycles. The Balaban J connectivity index is 1.38. The second-order valence-corrected chi connectivity index (χ2v) is 11.9. The lowest BCUT2D eigenvalue weighted by molar-refractivity contribution is -0.114. The third-order valence-corrected chi connectivity index (χ3v) is 9.35. The van der Waals surface area contributed by atoms with Crippen molar-refractivity contribution in [2.24, 2.45) is 10.9 Å². The third-order valence-electron chi connectivity index (χ3n) is 7.10. The molecule has 2 atom stereocenters. The van der Waals surface area contributed by atoms with Gasteiger partial charge in [0.2, 0.25) is 5.91 Å². The van der Waals surface area contributed by atoms with Crippen LogP contribution in [0.15, 0.2) is 69.4 Å². The molecule has 2 amide bonds. The topological polar surface area (TPSA) is 134 Å². The summed E-state index contributed by atoms with van der Waals surface area (Å²) in [5, 5.41) is 17.0. The van der Waals surface area contributed by atoms with E-state index in [1.807, 2.05) is 18.2 Å².